The van der Waals surface area contributed by atoms with Gasteiger partial charge in [0.15, 0.2) is 0 Å². The first-order valence-corrected chi connectivity index (χ1v) is 8.20. The molecule has 2 heteroatoms. The summed E-state index contributed by atoms with van der Waals surface area (Å²) < 4.78 is 0. The van der Waals surface area contributed by atoms with Gasteiger partial charge in [-0.2, -0.15) is 0 Å². The fourth-order valence-electron chi connectivity index (χ4n) is 0. The van der Waals surface area contributed by atoms with Crippen LogP contribution >= 0.6 is 15.3 Å². The Kier molecular flexibility index (Phi) is 2.33. The van der Waals surface area contributed by atoms with Gasteiger partial charge < -0.3 is 0 Å². The van der Waals surface area contributed by atoms with Crippen LogP contribution in [-0.2, 0) is 0 Å². The number of halogens is 1. The van der Waals surface area contributed by atoms with Crippen LogP contribution < -0.4 is 0 Å². The van der Waals surface area contributed by atoms with Crippen molar-refractivity contribution >= 4 is 22.0 Å². The number of hydrogen-bond donors (Lipinski definition) is 0. The second-order valence-corrected chi connectivity index (χ2v) is 14.1. The lowest BCUT2D eigenvalue weighted by atomic mass is 10.2. The van der Waals surface area contributed by atoms with Crippen molar-refractivity contribution in [2.45, 2.75) is 38.9 Å². The van der Waals surface area contributed by atoms with Crippen molar-refractivity contribution in [2.24, 2.45) is 0 Å². The molecule has 0 radical (unpaired) electrons. The maximum absolute atomic E-state index is 3.74. The van der Waals surface area contributed by atoms with Gasteiger partial charge in [0.25, 0.3) is 0 Å². The van der Waals surface area contributed by atoms with E-state index in [1.165, 1.54) is 0 Å². The van der Waals surface area contributed by atoms with Crippen LogP contribution in [0.1, 0.15) is 20.8 Å². The van der Waals surface area contributed by atoms with Gasteiger partial charge in [-0.15, -0.1) is 15.3 Å². The van der Waals surface area contributed by atoms with Crippen molar-refractivity contribution in [2.75, 3.05) is 0 Å². The van der Waals surface area contributed by atoms with E-state index in [2.05, 4.69) is 49.2 Å². The Morgan fingerprint density at radius 1 is 1.12 bits per heavy atom. The van der Waals surface area contributed by atoms with Crippen LogP contribution in [0.5, 0.6) is 0 Å². The van der Waals surface area contributed by atoms with Gasteiger partial charge in [0.1, 0.15) is 6.69 Å². The monoisotopic (exact) mass is 194 g/mol. The SMILES string of the molecule is CC(C)(C)[Si](C)(C)Br. The van der Waals surface area contributed by atoms with Crippen molar-refractivity contribution in [1.82, 2.24) is 0 Å². The molecule has 0 aromatic carbocycles. The molecule has 0 fully saturated rings. The second-order valence-electron chi connectivity index (χ2n) is 3.72. The molecule has 0 atom stereocenters. The molecule has 0 N–H and O–H groups in total. The minimum absolute atomic E-state index is 0.493. The highest BCUT2D eigenvalue weighted by Crippen LogP contribution is 2.39. The van der Waals surface area contributed by atoms with Crippen LogP contribution in [0, 0.1) is 0 Å². The van der Waals surface area contributed by atoms with E-state index in [0.29, 0.717) is 5.04 Å². The van der Waals surface area contributed by atoms with E-state index < -0.39 is 6.69 Å². The molecular formula is C6H15BrSi. The lowest BCUT2D eigenvalue weighted by Gasteiger charge is -2.30. The molecule has 0 aliphatic carbocycles. The van der Waals surface area contributed by atoms with Crippen LogP contribution in [0.3, 0.4) is 0 Å². The predicted octanol–water partition coefficient (Wildman–Crippen LogP) is 3.39. The quantitative estimate of drug-likeness (QED) is 0.410. The van der Waals surface area contributed by atoms with Gasteiger partial charge in [-0.1, -0.05) is 33.9 Å². The zero-order valence-electron chi connectivity index (χ0n) is 6.38. The Morgan fingerprint density at radius 2 is 1.25 bits per heavy atom. The standard InChI is InChI=1S/C6H15BrSi/c1-6(2,3)8(4,5)7/h1-5H3. The first-order valence-electron chi connectivity index (χ1n) is 2.94. The van der Waals surface area contributed by atoms with E-state index >= 15 is 0 Å². The van der Waals surface area contributed by atoms with E-state index in [1.54, 1.807) is 0 Å². The Balaban J connectivity index is 4.02. The molecule has 0 bridgehead atoms. The Bertz CT molecular complexity index is 63.5. The Morgan fingerprint density at radius 3 is 1.25 bits per heavy atom. The summed E-state index contributed by atoms with van der Waals surface area (Å²) in [6, 6.07) is 0. The summed E-state index contributed by atoms with van der Waals surface area (Å²) in [4.78, 5) is 0. The molecule has 0 aliphatic heterocycles. The fourth-order valence-corrected chi connectivity index (χ4v) is 0. The van der Waals surface area contributed by atoms with Gasteiger partial charge in [0.05, 0.1) is 0 Å². The van der Waals surface area contributed by atoms with E-state index in [9.17, 15) is 0 Å². The van der Waals surface area contributed by atoms with Gasteiger partial charge in [-0.05, 0) is 5.04 Å². The minimum atomic E-state index is -1.05. The number of rotatable bonds is 0. The van der Waals surface area contributed by atoms with Crippen LogP contribution in [0.4, 0.5) is 0 Å². The second kappa shape index (κ2) is 2.14. The highest BCUT2D eigenvalue weighted by molar-refractivity contribution is 9.26. The summed E-state index contributed by atoms with van der Waals surface area (Å²) in [5.41, 5.74) is 0. The molecule has 0 amide bonds. The molecule has 0 aromatic rings. The molecule has 0 aliphatic rings. The van der Waals surface area contributed by atoms with E-state index in [0.717, 1.165) is 0 Å². The summed E-state index contributed by atoms with van der Waals surface area (Å²) in [6.45, 7) is 10.5. The molecule has 0 unspecified atom stereocenters. The molecule has 0 aromatic heterocycles. The molecule has 50 valence electrons. The maximum atomic E-state index is 3.74. The van der Waals surface area contributed by atoms with Crippen molar-refractivity contribution in [3.8, 4) is 0 Å². The molecular weight excluding hydrogens is 180 g/mol. The largest absolute Gasteiger partial charge is 0.129 e. The molecule has 0 spiro atoms. The summed E-state index contributed by atoms with van der Waals surface area (Å²) in [7, 11) is 0. The van der Waals surface area contributed by atoms with E-state index in [1.807, 2.05) is 0 Å². The van der Waals surface area contributed by atoms with Gasteiger partial charge in [0.2, 0.25) is 0 Å². The third-order valence-corrected chi connectivity index (χ3v) is 8.92. The molecule has 0 saturated carbocycles. The minimum Gasteiger partial charge on any atom is -0.126 e. The molecule has 0 heterocycles. The van der Waals surface area contributed by atoms with Crippen molar-refractivity contribution in [3.05, 3.63) is 0 Å². The summed E-state index contributed by atoms with van der Waals surface area (Å²) in [5.74, 6) is 0. The maximum Gasteiger partial charge on any atom is 0.129 e. The van der Waals surface area contributed by atoms with Crippen LogP contribution in [0.15, 0.2) is 0 Å². The molecule has 8 heavy (non-hydrogen) atoms. The lowest BCUT2D eigenvalue weighted by molar-refractivity contribution is 0.738. The van der Waals surface area contributed by atoms with Gasteiger partial charge in [0, 0.05) is 0 Å². The zero-order valence-corrected chi connectivity index (χ0v) is 8.96. The first kappa shape index (κ1) is 8.70. The van der Waals surface area contributed by atoms with Crippen molar-refractivity contribution in [3.63, 3.8) is 0 Å². The topological polar surface area (TPSA) is 0 Å². The number of hydrogen-bond acceptors (Lipinski definition) is 0. The molecule has 0 rings (SSSR count). The van der Waals surface area contributed by atoms with E-state index in [-0.39, 0.29) is 0 Å². The third-order valence-electron chi connectivity index (χ3n) is 1.78. The van der Waals surface area contributed by atoms with Crippen molar-refractivity contribution in [1.29, 1.82) is 0 Å². The normalized spacial score (nSPS) is 14.2. The predicted molar refractivity (Wildman–Crippen MR) is 46.1 cm³/mol. The van der Waals surface area contributed by atoms with Gasteiger partial charge >= 0.3 is 0 Å². The Hall–Kier alpha value is 0.697. The zero-order chi connectivity index (χ0) is 7.00. The molecule has 0 saturated heterocycles. The highest BCUT2D eigenvalue weighted by Gasteiger charge is 2.31. The summed E-state index contributed by atoms with van der Waals surface area (Å²) in [5, 5.41) is 0.493. The average molecular weight is 195 g/mol. The van der Waals surface area contributed by atoms with Crippen LogP contribution in [0.25, 0.3) is 0 Å². The molecule has 0 nitrogen and oxygen atoms in total. The average Bonchev–Trinajstić information content (AvgIpc) is 1.25. The van der Waals surface area contributed by atoms with Gasteiger partial charge in [-0.3, -0.25) is 0 Å². The van der Waals surface area contributed by atoms with Crippen molar-refractivity contribution < 1.29 is 0 Å². The summed E-state index contributed by atoms with van der Waals surface area (Å²) >= 11 is 3.74. The van der Waals surface area contributed by atoms with Crippen LogP contribution in [0.2, 0.25) is 18.1 Å². The Labute approximate surface area is 61.3 Å². The smallest absolute Gasteiger partial charge is 0.126 e. The summed E-state index contributed by atoms with van der Waals surface area (Å²) in [6.07, 6.45) is 0. The highest BCUT2D eigenvalue weighted by atomic mass is 79.9. The van der Waals surface area contributed by atoms with Crippen LogP contribution in [-0.4, -0.2) is 6.69 Å². The van der Waals surface area contributed by atoms with E-state index in [4.69, 9.17) is 0 Å². The lowest BCUT2D eigenvalue weighted by Crippen LogP contribution is -2.29. The third kappa shape index (κ3) is 2.31. The fraction of sp³-hybridized carbons (Fsp3) is 1.00. The first-order chi connectivity index (χ1) is 3.25. The van der Waals surface area contributed by atoms with Gasteiger partial charge in [-0.25, -0.2) is 0 Å².